The molecule has 0 spiro atoms. The van der Waals surface area contributed by atoms with Gasteiger partial charge in [-0.2, -0.15) is 18.2 Å². The summed E-state index contributed by atoms with van der Waals surface area (Å²) in [6, 6.07) is 12.1. The average molecular weight is 566 g/mol. The van der Waals surface area contributed by atoms with Crippen LogP contribution in [0.2, 0.25) is 5.02 Å². The molecule has 6 nitrogen and oxygen atoms in total. The monoisotopic (exact) mass is 565 g/mol. The van der Waals surface area contributed by atoms with Crippen molar-refractivity contribution in [2.24, 2.45) is 4.99 Å². The zero-order valence-corrected chi connectivity index (χ0v) is 19.5. The minimum Gasteiger partial charge on any atom is -0.356 e. The molecule has 11 heteroatoms. The van der Waals surface area contributed by atoms with Crippen LogP contribution in [-0.4, -0.2) is 29.7 Å². The third-order valence-electron chi connectivity index (χ3n) is 4.15. The van der Waals surface area contributed by atoms with E-state index < -0.39 is 11.7 Å². The summed E-state index contributed by atoms with van der Waals surface area (Å²) in [6.45, 7) is 0.807. The topological polar surface area (TPSA) is 75.3 Å². The van der Waals surface area contributed by atoms with Gasteiger partial charge >= 0.3 is 6.18 Å². The largest absolute Gasteiger partial charge is 0.416 e. The molecule has 31 heavy (non-hydrogen) atoms. The first kappa shape index (κ1) is 24.9. The van der Waals surface area contributed by atoms with Crippen LogP contribution >= 0.6 is 35.6 Å². The number of benzene rings is 2. The summed E-state index contributed by atoms with van der Waals surface area (Å²) in [4.78, 5) is 8.42. The molecule has 166 valence electrons. The molecule has 0 aliphatic heterocycles. The maximum atomic E-state index is 12.6. The van der Waals surface area contributed by atoms with Crippen molar-refractivity contribution in [3.63, 3.8) is 0 Å². The molecule has 0 fully saturated rings. The highest BCUT2D eigenvalue weighted by atomic mass is 127. The van der Waals surface area contributed by atoms with Crippen LogP contribution in [0.1, 0.15) is 17.0 Å². The number of guanidine groups is 1. The summed E-state index contributed by atoms with van der Waals surface area (Å²) < 4.78 is 43.1. The van der Waals surface area contributed by atoms with Crippen molar-refractivity contribution in [1.29, 1.82) is 0 Å². The van der Waals surface area contributed by atoms with Crippen LogP contribution in [0, 0.1) is 0 Å². The van der Waals surface area contributed by atoms with E-state index in [1.54, 1.807) is 19.2 Å². The number of hydrogen-bond donors (Lipinski definition) is 2. The Labute approximate surface area is 199 Å². The van der Waals surface area contributed by atoms with E-state index in [9.17, 15) is 13.2 Å². The second kappa shape index (κ2) is 11.3. The molecule has 3 rings (SSSR count). The Bertz CT molecular complexity index is 1010. The van der Waals surface area contributed by atoms with Crippen LogP contribution in [0.25, 0.3) is 11.4 Å². The van der Waals surface area contributed by atoms with Gasteiger partial charge in [0.25, 0.3) is 0 Å². The van der Waals surface area contributed by atoms with Crippen molar-refractivity contribution in [1.82, 2.24) is 20.8 Å². The van der Waals surface area contributed by atoms with Crippen molar-refractivity contribution < 1.29 is 17.7 Å². The Morgan fingerprint density at radius 3 is 2.52 bits per heavy atom. The van der Waals surface area contributed by atoms with Gasteiger partial charge in [0, 0.05) is 37.1 Å². The number of halogens is 5. The Hall–Kier alpha value is -2.34. The van der Waals surface area contributed by atoms with Gasteiger partial charge < -0.3 is 15.2 Å². The van der Waals surface area contributed by atoms with E-state index in [-0.39, 0.29) is 24.0 Å². The Balaban J connectivity index is 0.00000341. The van der Waals surface area contributed by atoms with E-state index in [0.29, 0.717) is 47.8 Å². The summed E-state index contributed by atoms with van der Waals surface area (Å²) in [6.07, 6.45) is -3.88. The first-order chi connectivity index (χ1) is 14.3. The third kappa shape index (κ3) is 7.39. The average Bonchev–Trinajstić information content (AvgIpc) is 3.19. The number of aromatic nitrogens is 2. The van der Waals surface area contributed by atoms with Crippen molar-refractivity contribution in [3.05, 3.63) is 70.6 Å². The summed E-state index contributed by atoms with van der Waals surface area (Å²) in [5.74, 6) is 1.41. The third-order valence-corrected chi connectivity index (χ3v) is 4.38. The predicted octanol–water partition coefficient (Wildman–Crippen LogP) is 4.93. The van der Waals surface area contributed by atoms with Gasteiger partial charge in [0.05, 0.1) is 5.56 Å². The van der Waals surface area contributed by atoms with Gasteiger partial charge in [-0.1, -0.05) is 41.0 Å². The smallest absolute Gasteiger partial charge is 0.356 e. The minimum atomic E-state index is -4.34. The van der Waals surface area contributed by atoms with Gasteiger partial charge in [-0.05, 0) is 29.8 Å². The molecule has 0 aliphatic carbocycles. The first-order valence-corrected chi connectivity index (χ1v) is 9.42. The summed E-state index contributed by atoms with van der Waals surface area (Å²) in [5.41, 5.74) is 0.791. The van der Waals surface area contributed by atoms with E-state index in [4.69, 9.17) is 16.1 Å². The lowest BCUT2D eigenvalue weighted by atomic mass is 10.1. The fourth-order valence-electron chi connectivity index (χ4n) is 2.61. The quantitative estimate of drug-likeness (QED) is 0.252. The number of nitrogens with one attached hydrogen (secondary N) is 2. The summed E-state index contributed by atoms with van der Waals surface area (Å²) in [7, 11) is 1.60. The van der Waals surface area contributed by atoms with Crippen LogP contribution in [-0.2, 0) is 19.1 Å². The van der Waals surface area contributed by atoms with Gasteiger partial charge in [0.15, 0.2) is 5.96 Å². The number of hydrogen-bond acceptors (Lipinski definition) is 4. The lowest BCUT2D eigenvalue weighted by molar-refractivity contribution is -0.137. The van der Waals surface area contributed by atoms with Crippen LogP contribution < -0.4 is 10.6 Å². The van der Waals surface area contributed by atoms with E-state index in [2.05, 4.69) is 25.8 Å². The number of rotatable bonds is 6. The molecule has 2 N–H and O–H groups in total. The summed E-state index contributed by atoms with van der Waals surface area (Å²) in [5, 5.41) is 10.7. The van der Waals surface area contributed by atoms with E-state index in [1.165, 1.54) is 12.1 Å². The Morgan fingerprint density at radius 1 is 1.13 bits per heavy atom. The Kier molecular flexibility index (Phi) is 9.11. The zero-order valence-electron chi connectivity index (χ0n) is 16.4. The molecular weight excluding hydrogens is 546 g/mol. The van der Waals surface area contributed by atoms with Gasteiger partial charge in [-0.3, -0.25) is 4.99 Å². The fourth-order valence-corrected chi connectivity index (χ4v) is 2.80. The van der Waals surface area contributed by atoms with Crippen molar-refractivity contribution in [2.45, 2.75) is 19.1 Å². The summed E-state index contributed by atoms with van der Waals surface area (Å²) >= 11 is 5.97. The molecule has 0 aliphatic rings. The molecule has 2 aromatic carbocycles. The first-order valence-electron chi connectivity index (χ1n) is 9.04. The molecule has 1 heterocycles. The van der Waals surface area contributed by atoms with Gasteiger partial charge in [0.2, 0.25) is 11.7 Å². The number of nitrogens with zero attached hydrogens (tertiary/aromatic N) is 3. The highest BCUT2D eigenvalue weighted by Crippen LogP contribution is 2.29. The molecule has 3 aromatic rings. The van der Waals surface area contributed by atoms with Gasteiger partial charge in [0.1, 0.15) is 0 Å². The van der Waals surface area contributed by atoms with Gasteiger partial charge in [-0.25, -0.2) is 0 Å². The van der Waals surface area contributed by atoms with Gasteiger partial charge in [-0.15, -0.1) is 24.0 Å². The van der Waals surface area contributed by atoms with Crippen molar-refractivity contribution in [3.8, 4) is 11.4 Å². The number of alkyl halides is 3. The molecule has 1 aromatic heterocycles. The van der Waals surface area contributed by atoms with Crippen LogP contribution in [0.5, 0.6) is 0 Å². The van der Waals surface area contributed by atoms with Crippen molar-refractivity contribution >= 4 is 41.5 Å². The standard InChI is InChI=1S/C20H19ClF3N5O.HI/c1-25-19(27-12-13-5-7-15(8-6-13)20(22,23)24)26-10-9-17-28-18(29-30-17)14-3-2-4-16(21)11-14;/h2-8,11H,9-10,12H2,1H3,(H2,25,26,27);1H. The molecule has 0 unspecified atom stereocenters. The van der Waals surface area contributed by atoms with E-state index >= 15 is 0 Å². The lowest BCUT2D eigenvalue weighted by Crippen LogP contribution is -2.37. The molecule has 0 atom stereocenters. The molecule has 0 radical (unpaired) electrons. The van der Waals surface area contributed by atoms with Crippen molar-refractivity contribution in [2.75, 3.05) is 13.6 Å². The predicted molar refractivity (Wildman–Crippen MR) is 124 cm³/mol. The van der Waals surface area contributed by atoms with E-state index in [1.807, 2.05) is 12.1 Å². The molecular formula is C20H20ClF3IN5O. The zero-order chi connectivity index (χ0) is 21.6. The second-order valence-electron chi connectivity index (χ2n) is 6.32. The highest BCUT2D eigenvalue weighted by Gasteiger charge is 2.29. The van der Waals surface area contributed by atoms with Crippen LogP contribution in [0.3, 0.4) is 0 Å². The Morgan fingerprint density at radius 2 is 1.87 bits per heavy atom. The molecule has 0 bridgehead atoms. The van der Waals surface area contributed by atoms with Crippen LogP contribution in [0.4, 0.5) is 13.2 Å². The normalized spacial score (nSPS) is 11.7. The number of aliphatic imine (C=N–C) groups is 1. The lowest BCUT2D eigenvalue weighted by Gasteiger charge is -2.12. The maximum Gasteiger partial charge on any atom is 0.416 e. The fraction of sp³-hybridized carbons (Fsp3) is 0.250. The maximum absolute atomic E-state index is 12.6. The second-order valence-corrected chi connectivity index (χ2v) is 6.76. The highest BCUT2D eigenvalue weighted by molar-refractivity contribution is 14.0. The van der Waals surface area contributed by atoms with E-state index in [0.717, 1.165) is 17.7 Å². The molecule has 0 saturated heterocycles. The van der Waals surface area contributed by atoms with Crippen LogP contribution in [0.15, 0.2) is 58.0 Å². The SMILES string of the molecule is CN=C(NCCc1nc(-c2cccc(Cl)c2)no1)NCc1ccc(C(F)(F)F)cc1.I. The molecule has 0 saturated carbocycles. The molecule has 0 amide bonds. The minimum absolute atomic E-state index is 0.